The molecule has 1 aliphatic heterocycles. The Labute approximate surface area is 102 Å². The van der Waals surface area contributed by atoms with Gasteiger partial charge in [0.25, 0.3) is 0 Å². The van der Waals surface area contributed by atoms with Gasteiger partial charge in [0.2, 0.25) is 5.91 Å². The van der Waals surface area contributed by atoms with Gasteiger partial charge in [-0.25, -0.2) is 4.99 Å². The van der Waals surface area contributed by atoms with E-state index in [4.69, 9.17) is 10.5 Å². The summed E-state index contributed by atoms with van der Waals surface area (Å²) in [5, 5.41) is 1.71. The zero-order chi connectivity index (χ0) is 13.6. The first-order chi connectivity index (χ1) is 8.38. The molecule has 1 saturated heterocycles. The van der Waals surface area contributed by atoms with Crippen molar-refractivity contribution in [2.75, 3.05) is 39.4 Å². The Morgan fingerprint density at radius 3 is 2.56 bits per heavy atom. The molecule has 104 valence electrons. The molecule has 6 nitrogen and oxygen atoms in total. The Kier molecular flexibility index (Phi) is 5.20. The molecule has 9 heteroatoms. The first-order valence-corrected chi connectivity index (χ1v) is 5.34. The zero-order valence-electron chi connectivity index (χ0n) is 9.66. The van der Waals surface area contributed by atoms with Crippen molar-refractivity contribution in [3.05, 3.63) is 0 Å². The summed E-state index contributed by atoms with van der Waals surface area (Å²) in [6.07, 6.45) is -4.42. The Morgan fingerprint density at radius 1 is 1.39 bits per heavy atom. The molecular weight excluding hydrogens is 253 g/mol. The average Bonchev–Trinajstić information content (AvgIpc) is 2.33. The second-order valence-electron chi connectivity index (χ2n) is 3.67. The lowest BCUT2D eigenvalue weighted by molar-refractivity contribution is -0.137. The largest absolute Gasteiger partial charge is 0.405 e. The smallest absolute Gasteiger partial charge is 0.378 e. The SMILES string of the molecule is NC(=NCC(=O)NCC(F)(F)F)N1CCOCC1. The molecule has 1 rings (SSSR count). The number of nitrogens with zero attached hydrogens (tertiary/aromatic N) is 2. The van der Waals surface area contributed by atoms with Crippen molar-refractivity contribution in [2.24, 2.45) is 10.7 Å². The minimum atomic E-state index is -4.42. The van der Waals surface area contributed by atoms with Crippen LogP contribution in [0.15, 0.2) is 4.99 Å². The van der Waals surface area contributed by atoms with Gasteiger partial charge in [0.15, 0.2) is 5.96 Å². The number of hydrogen-bond acceptors (Lipinski definition) is 3. The summed E-state index contributed by atoms with van der Waals surface area (Å²) in [6.45, 7) is 0.351. The van der Waals surface area contributed by atoms with Gasteiger partial charge in [0.1, 0.15) is 13.1 Å². The summed E-state index contributed by atoms with van der Waals surface area (Å²) in [5.74, 6) is -0.677. The molecule has 1 amide bonds. The van der Waals surface area contributed by atoms with Gasteiger partial charge in [0.05, 0.1) is 13.2 Å². The highest BCUT2D eigenvalue weighted by Gasteiger charge is 2.27. The van der Waals surface area contributed by atoms with Crippen LogP contribution in [-0.4, -0.2) is 62.3 Å². The zero-order valence-corrected chi connectivity index (χ0v) is 9.66. The lowest BCUT2D eigenvalue weighted by Crippen LogP contribution is -2.45. The van der Waals surface area contributed by atoms with Crippen LogP contribution < -0.4 is 11.1 Å². The van der Waals surface area contributed by atoms with Crippen LogP contribution in [0, 0.1) is 0 Å². The van der Waals surface area contributed by atoms with E-state index in [1.807, 2.05) is 0 Å². The van der Waals surface area contributed by atoms with Gasteiger partial charge in [-0.15, -0.1) is 0 Å². The quantitative estimate of drug-likeness (QED) is 0.524. The van der Waals surface area contributed by atoms with Crippen molar-refractivity contribution < 1.29 is 22.7 Å². The highest BCUT2D eigenvalue weighted by atomic mass is 19.4. The first-order valence-electron chi connectivity index (χ1n) is 5.34. The van der Waals surface area contributed by atoms with Crippen molar-refractivity contribution in [3.8, 4) is 0 Å². The third-order valence-corrected chi connectivity index (χ3v) is 2.21. The summed E-state index contributed by atoms with van der Waals surface area (Å²) in [5.41, 5.74) is 5.60. The molecule has 0 spiro atoms. The average molecular weight is 268 g/mol. The predicted octanol–water partition coefficient (Wildman–Crippen LogP) is -0.688. The molecule has 3 N–H and O–H groups in total. The van der Waals surface area contributed by atoms with E-state index in [9.17, 15) is 18.0 Å². The van der Waals surface area contributed by atoms with E-state index in [1.165, 1.54) is 0 Å². The molecule has 0 aromatic carbocycles. The molecule has 0 aromatic heterocycles. The lowest BCUT2D eigenvalue weighted by Gasteiger charge is -2.27. The number of nitrogens with one attached hydrogen (secondary N) is 1. The molecule has 0 saturated carbocycles. The van der Waals surface area contributed by atoms with Gasteiger partial charge in [-0.2, -0.15) is 13.2 Å². The van der Waals surface area contributed by atoms with Gasteiger partial charge in [-0.3, -0.25) is 4.79 Å². The maximum atomic E-state index is 11.8. The fraction of sp³-hybridized carbons (Fsp3) is 0.778. The van der Waals surface area contributed by atoms with Crippen LogP contribution in [0.5, 0.6) is 0 Å². The van der Waals surface area contributed by atoms with Crippen LogP contribution in [0.3, 0.4) is 0 Å². The Morgan fingerprint density at radius 2 is 2.00 bits per heavy atom. The number of halogens is 3. The number of morpholine rings is 1. The van der Waals surface area contributed by atoms with Crippen molar-refractivity contribution in [2.45, 2.75) is 6.18 Å². The van der Waals surface area contributed by atoms with Crippen molar-refractivity contribution in [1.29, 1.82) is 0 Å². The summed E-state index contributed by atoms with van der Waals surface area (Å²) < 4.78 is 40.5. The Balaban J connectivity index is 2.31. The van der Waals surface area contributed by atoms with Gasteiger partial charge < -0.3 is 20.7 Å². The molecule has 0 aromatic rings. The molecule has 0 bridgehead atoms. The third kappa shape index (κ3) is 5.71. The summed E-state index contributed by atoms with van der Waals surface area (Å²) in [4.78, 5) is 16.5. The topological polar surface area (TPSA) is 79.9 Å². The molecule has 1 heterocycles. The van der Waals surface area contributed by atoms with Crippen LogP contribution in [0.4, 0.5) is 13.2 Å². The highest BCUT2D eigenvalue weighted by molar-refractivity contribution is 5.84. The van der Waals surface area contributed by atoms with E-state index < -0.39 is 25.2 Å². The van der Waals surface area contributed by atoms with E-state index in [1.54, 1.807) is 10.2 Å². The van der Waals surface area contributed by atoms with Gasteiger partial charge in [0, 0.05) is 13.1 Å². The Bertz CT molecular complexity index is 313. The highest BCUT2D eigenvalue weighted by Crippen LogP contribution is 2.11. The third-order valence-electron chi connectivity index (χ3n) is 2.21. The minimum absolute atomic E-state index is 0.139. The lowest BCUT2D eigenvalue weighted by atomic mass is 10.4. The molecule has 0 radical (unpaired) electrons. The number of rotatable bonds is 3. The van der Waals surface area contributed by atoms with Crippen molar-refractivity contribution in [3.63, 3.8) is 0 Å². The van der Waals surface area contributed by atoms with Crippen molar-refractivity contribution in [1.82, 2.24) is 10.2 Å². The standard InChI is InChI=1S/C9H15F3N4O2/c10-9(11,12)6-15-7(17)5-14-8(13)16-1-3-18-4-2-16/h1-6H2,(H2,13,14)(H,15,17). The second-order valence-corrected chi connectivity index (χ2v) is 3.67. The molecular formula is C9H15F3N4O2. The number of ether oxygens (including phenoxy) is 1. The van der Waals surface area contributed by atoms with Gasteiger partial charge >= 0.3 is 6.18 Å². The first kappa shape index (κ1) is 14.6. The maximum Gasteiger partial charge on any atom is 0.405 e. The van der Waals surface area contributed by atoms with Gasteiger partial charge in [-0.05, 0) is 0 Å². The molecule has 1 aliphatic rings. The van der Waals surface area contributed by atoms with E-state index in [0.29, 0.717) is 26.3 Å². The summed E-state index contributed by atoms with van der Waals surface area (Å²) >= 11 is 0. The van der Waals surface area contributed by atoms with E-state index >= 15 is 0 Å². The normalized spacial score (nSPS) is 17.7. The predicted molar refractivity (Wildman–Crippen MR) is 57.9 cm³/mol. The van der Waals surface area contributed by atoms with Crippen LogP contribution in [0.2, 0.25) is 0 Å². The molecule has 0 atom stereocenters. The summed E-state index contributed by atoms with van der Waals surface area (Å²) in [7, 11) is 0. The number of guanidine groups is 1. The van der Waals surface area contributed by atoms with E-state index in [0.717, 1.165) is 0 Å². The van der Waals surface area contributed by atoms with E-state index in [2.05, 4.69) is 4.99 Å². The number of carbonyl (C=O) groups is 1. The summed E-state index contributed by atoms with van der Waals surface area (Å²) in [6, 6.07) is 0. The maximum absolute atomic E-state index is 11.8. The number of nitrogens with two attached hydrogens (primary N) is 1. The van der Waals surface area contributed by atoms with E-state index in [-0.39, 0.29) is 5.96 Å². The molecule has 1 fully saturated rings. The number of aliphatic imine (C=N–C) groups is 1. The Hall–Kier alpha value is -1.51. The molecule has 18 heavy (non-hydrogen) atoms. The minimum Gasteiger partial charge on any atom is -0.378 e. The van der Waals surface area contributed by atoms with Gasteiger partial charge in [-0.1, -0.05) is 0 Å². The van der Waals surface area contributed by atoms with Crippen LogP contribution in [-0.2, 0) is 9.53 Å². The fourth-order valence-corrected chi connectivity index (χ4v) is 1.30. The fourth-order valence-electron chi connectivity index (χ4n) is 1.30. The second kappa shape index (κ2) is 6.43. The van der Waals surface area contributed by atoms with Crippen LogP contribution in [0.25, 0.3) is 0 Å². The number of carbonyl (C=O) groups excluding carboxylic acids is 1. The van der Waals surface area contributed by atoms with Crippen LogP contribution in [0.1, 0.15) is 0 Å². The number of alkyl halides is 3. The van der Waals surface area contributed by atoms with Crippen molar-refractivity contribution >= 4 is 11.9 Å². The number of hydrogen-bond donors (Lipinski definition) is 2. The molecule has 0 unspecified atom stereocenters. The molecule has 0 aliphatic carbocycles. The monoisotopic (exact) mass is 268 g/mol. The number of amides is 1. The van der Waals surface area contributed by atoms with Crippen LogP contribution >= 0.6 is 0 Å².